The Hall–Kier alpha value is -4.15. The number of halogens is 4. The van der Waals surface area contributed by atoms with Crippen LogP contribution in [0.1, 0.15) is 23.0 Å². The van der Waals surface area contributed by atoms with E-state index in [-0.39, 0.29) is 46.4 Å². The highest BCUT2D eigenvalue weighted by atomic mass is 35.5. The maximum Gasteiger partial charge on any atom is 0.435 e. The molecule has 0 aliphatic rings. The standard InChI is InChI=1S/C22H18ClF3N8O2/c1-12(35)9-30-21(36)14-3-2-13(8-16(14)23)31-19-20-29-10-17(34(20)7-5-28-19)15-11-33(6-4-27)32-18(15)22(24,25)26/h2-3,5,7-8,10-12,35H,6,9H2,1H3,(H,28,31)(H,30,36). The Morgan fingerprint density at radius 2 is 2.11 bits per heavy atom. The number of benzene rings is 1. The summed E-state index contributed by atoms with van der Waals surface area (Å²) in [4.78, 5) is 20.7. The summed E-state index contributed by atoms with van der Waals surface area (Å²) in [6, 6.07) is 6.31. The molecular weight excluding hydrogens is 501 g/mol. The van der Waals surface area contributed by atoms with Crippen molar-refractivity contribution in [2.24, 2.45) is 0 Å². The Balaban J connectivity index is 1.66. The molecule has 10 nitrogen and oxygen atoms in total. The third kappa shape index (κ3) is 5.09. The van der Waals surface area contributed by atoms with E-state index < -0.39 is 23.9 Å². The van der Waals surface area contributed by atoms with Gasteiger partial charge in [-0.2, -0.15) is 23.5 Å². The zero-order valence-electron chi connectivity index (χ0n) is 18.6. The van der Waals surface area contributed by atoms with Crippen LogP contribution in [0.5, 0.6) is 0 Å². The van der Waals surface area contributed by atoms with Gasteiger partial charge in [-0.05, 0) is 25.1 Å². The highest BCUT2D eigenvalue weighted by Crippen LogP contribution is 2.37. The summed E-state index contributed by atoms with van der Waals surface area (Å²) in [6.45, 7) is 1.25. The van der Waals surface area contributed by atoms with Crippen molar-refractivity contribution in [3.8, 4) is 17.3 Å². The van der Waals surface area contributed by atoms with Crippen LogP contribution in [0.15, 0.2) is 43.0 Å². The van der Waals surface area contributed by atoms with E-state index in [0.29, 0.717) is 5.69 Å². The number of hydrogen-bond acceptors (Lipinski definition) is 7. The number of fused-ring (bicyclic) bond motifs is 1. The van der Waals surface area contributed by atoms with Gasteiger partial charge < -0.3 is 15.7 Å². The molecule has 4 rings (SSSR count). The van der Waals surface area contributed by atoms with E-state index in [4.69, 9.17) is 16.9 Å². The Bertz CT molecular complexity index is 1470. The average molecular weight is 519 g/mol. The number of nitriles is 1. The molecule has 0 aliphatic heterocycles. The molecule has 1 amide bonds. The number of anilines is 2. The molecule has 3 N–H and O–H groups in total. The number of alkyl halides is 3. The van der Waals surface area contributed by atoms with Crippen LogP contribution < -0.4 is 10.6 Å². The van der Waals surface area contributed by atoms with Crippen molar-refractivity contribution in [1.82, 2.24) is 29.5 Å². The molecule has 0 aliphatic carbocycles. The molecule has 3 heterocycles. The molecule has 14 heteroatoms. The van der Waals surface area contributed by atoms with Gasteiger partial charge in [-0.1, -0.05) is 11.6 Å². The van der Waals surface area contributed by atoms with Crippen molar-refractivity contribution in [3.63, 3.8) is 0 Å². The van der Waals surface area contributed by atoms with E-state index in [1.165, 1.54) is 42.0 Å². The first-order chi connectivity index (χ1) is 17.1. The molecule has 1 aromatic carbocycles. The fourth-order valence-electron chi connectivity index (χ4n) is 3.43. The number of aliphatic hydroxyl groups excluding tert-OH is 1. The van der Waals surface area contributed by atoms with Gasteiger partial charge in [-0.3, -0.25) is 13.9 Å². The second-order valence-corrected chi connectivity index (χ2v) is 8.14. The highest BCUT2D eigenvalue weighted by molar-refractivity contribution is 6.34. The van der Waals surface area contributed by atoms with Crippen LogP contribution >= 0.6 is 11.6 Å². The number of carbonyl (C=O) groups excluding carboxylic acids is 1. The predicted molar refractivity (Wildman–Crippen MR) is 124 cm³/mol. The van der Waals surface area contributed by atoms with Gasteiger partial charge >= 0.3 is 6.18 Å². The van der Waals surface area contributed by atoms with E-state index >= 15 is 0 Å². The van der Waals surface area contributed by atoms with E-state index in [1.807, 2.05) is 0 Å². The largest absolute Gasteiger partial charge is 0.435 e. The lowest BCUT2D eigenvalue weighted by Gasteiger charge is -2.11. The first-order valence-electron chi connectivity index (χ1n) is 10.5. The fourth-order valence-corrected chi connectivity index (χ4v) is 3.69. The number of hydrogen-bond donors (Lipinski definition) is 3. The van der Waals surface area contributed by atoms with Crippen molar-refractivity contribution in [2.45, 2.75) is 25.7 Å². The molecule has 186 valence electrons. The molecule has 0 fully saturated rings. The number of carbonyl (C=O) groups is 1. The number of nitrogens with zero attached hydrogens (tertiary/aromatic N) is 6. The maximum atomic E-state index is 13.6. The van der Waals surface area contributed by atoms with Gasteiger partial charge in [-0.15, -0.1) is 0 Å². The molecule has 36 heavy (non-hydrogen) atoms. The number of aliphatic hydroxyl groups is 1. The van der Waals surface area contributed by atoms with Gasteiger partial charge in [0.05, 0.1) is 40.2 Å². The number of amides is 1. The van der Waals surface area contributed by atoms with Crippen LogP contribution in [0.25, 0.3) is 16.9 Å². The number of nitrogens with one attached hydrogen (secondary N) is 2. The Morgan fingerprint density at radius 3 is 2.78 bits per heavy atom. The summed E-state index contributed by atoms with van der Waals surface area (Å²) < 4.78 is 43.2. The molecular formula is C22H18ClF3N8O2. The zero-order chi connectivity index (χ0) is 26.0. The summed E-state index contributed by atoms with van der Waals surface area (Å²) in [5, 5.41) is 27.4. The number of rotatable bonds is 7. The molecule has 0 bridgehead atoms. The van der Waals surface area contributed by atoms with Crippen molar-refractivity contribution >= 4 is 34.7 Å². The lowest BCUT2D eigenvalue weighted by atomic mass is 10.2. The molecule has 1 unspecified atom stereocenters. The quantitative estimate of drug-likeness (QED) is 0.340. The molecule has 4 aromatic rings. The summed E-state index contributed by atoms with van der Waals surface area (Å²) in [5.74, 6) is -0.230. The minimum Gasteiger partial charge on any atom is -0.392 e. The first-order valence-corrected chi connectivity index (χ1v) is 10.8. The normalized spacial score (nSPS) is 12.4. The van der Waals surface area contributed by atoms with Gasteiger partial charge in [0.1, 0.15) is 6.54 Å². The third-order valence-corrected chi connectivity index (χ3v) is 5.31. The van der Waals surface area contributed by atoms with E-state index in [1.54, 1.807) is 12.1 Å². The fraction of sp³-hybridized carbons (Fsp3) is 0.227. The van der Waals surface area contributed by atoms with E-state index in [2.05, 4.69) is 25.7 Å². The van der Waals surface area contributed by atoms with Gasteiger partial charge in [0.15, 0.2) is 17.2 Å². The van der Waals surface area contributed by atoms with Crippen LogP contribution in [0.4, 0.5) is 24.7 Å². The summed E-state index contributed by atoms with van der Waals surface area (Å²) in [7, 11) is 0. The van der Waals surface area contributed by atoms with Crippen molar-refractivity contribution in [3.05, 3.63) is 59.3 Å². The van der Waals surface area contributed by atoms with Gasteiger partial charge in [0.2, 0.25) is 0 Å². The molecule has 0 saturated carbocycles. The lowest BCUT2D eigenvalue weighted by molar-refractivity contribution is -0.141. The number of aromatic nitrogens is 5. The van der Waals surface area contributed by atoms with E-state index in [9.17, 15) is 23.1 Å². The molecule has 0 spiro atoms. The highest BCUT2D eigenvalue weighted by Gasteiger charge is 2.38. The van der Waals surface area contributed by atoms with Crippen LogP contribution in [-0.2, 0) is 12.7 Å². The second kappa shape index (κ2) is 9.84. The Labute approximate surface area is 207 Å². The smallest absolute Gasteiger partial charge is 0.392 e. The van der Waals surface area contributed by atoms with Gasteiger partial charge in [-0.25, -0.2) is 9.97 Å². The molecule has 1 atom stereocenters. The second-order valence-electron chi connectivity index (χ2n) is 7.74. The minimum atomic E-state index is -4.74. The monoisotopic (exact) mass is 518 g/mol. The molecule has 0 radical (unpaired) electrons. The summed E-state index contributed by atoms with van der Waals surface area (Å²) in [5.41, 5.74) is -0.389. The van der Waals surface area contributed by atoms with Crippen molar-refractivity contribution in [1.29, 1.82) is 5.26 Å². The topological polar surface area (TPSA) is 133 Å². The van der Waals surface area contributed by atoms with Crippen LogP contribution in [0, 0.1) is 11.3 Å². The average Bonchev–Trinajstić information content (AvgIpc) is 3.42. The van der Waals surface area contributed by atoms with Gasteiger partial charge in [0, 0.05) is 30.8 Å². The van der Waals surface area contributed by atoms with Crippen LogP contribution in [0.2, 0.25) is 5.02 Å². The Morgan fingerprint density at radius 1 is 1.33 bits per heavy atom. The molecule has 0 saturated heterocycles. The predicted octanol–water partition coefficient (Wildman–Crippen LogP) is 3.64. The van der Waals surface area contributed by atoms with E-state index in [0.717, 1.165) is 10.9 Å². The third-order valence-electron chi connectivity index (χ3n) is 5.00. The SMILES string of the molecule is CC(O)CNC(=O)c1ccc(Nc2nccn3c(-c4cn(CC#N)nc4C(F)(F)F)cnc23)cc1Cl. The van der Waals surface area contributed by atoms with Crippen molar-refractivity contribution in [2.75, 3.05) is 11.9 Å². The maximum absolute atomic E-state index is 13.6. The minimum absolute atomic E-state index is 0.0643. The summed E-state index contributed by atoms with van der Waals surface area (Å²) in [6.07, 6.45) is -0.223. The number of imidazole rings is 1. The Kier molecular flexibility index (Phi) is 6.82. The first kappa shape index (κ1) is 25.0. The van der Waals surface area contributed by atoms with Crippen molar-refractivity contribution < 1.29 is 23.1 Å². The van der Waals surface area contributed by atoms with Crippen LogP contribution in [0.3, 0.4) is 0 Å². The lowest BCUT2D eigenvalue weighted by Crippen LogP contribution is -2.30. The van der Waals surface area contributed by atoms with Gasteiger partial charge in [0.25, 0.3) is 5.91 Å². The summed E-state index contributed by atoms with van der Waals surface area (Å²) >= 11 is 6.25. The molecule has 3 aromatic heterocycles. The van der Waals surface area contributed by atoms with Crippen LogP contribution in [-0.4, -0.2) is 47.8 Å². The zero-order valence-corrected chi connectivity index (χ0v) is 19.3.